The zero-order chi connectivity index (χ0) is 21.3. The highest BCUT2D eigenvalue weighted by atomic mass is 35.5. The lowest BCUT2D eigenvalue weighted by atomic mass is 10.2. The quantitative estimate of drug-likeness (QED) is 0.650. The third kappa shape index (κ3) is 6.99. The van der Waals surface area contributed by atoms with Gasteiger partial charge in [0.2, 0.25) is 11.8 Å². The summed E-state index contributed by atoms with van der Waals surface area (Å²) in [5.41, 5.74) is 1.55. The summed E-state index contributed by atoms with van der Waals surface area (Å²) in [5, 5.41) is 6.60. The van der Waals surface area contributed by atoms with Gasteiger partial charge in [-0.1, -0.05) is 59.6 Å². The van der Waals surface area contributed by atoms with Crippen LogP contribution >= 0.6 is 23.2 Å². The third-order valence-electron chi connectivity index (χ3n) is 5.05. The lowest BCUT2D eigenvalue weighted by Gasteiger charge is -2.34. The number of hydrogen-bond donors (Lipinski definition) is 2. The second kappa shape index (κ2) is 11.3. The Morgan fingerprint density at radius 2 is 1.47 bits per heavy atom. The number of carbonyl (C=O) groups excluding carboxylic acids is 2. The Labute approximate surface area is 187 Å². The molecule has 1 aliphatic heterocycles. The fourth-order valence-corrected chi connectivity index (χ4v) is 3.80. The average molecular weight is 449 g/mol. The lowest BCUT2D eigenvalue weighted by molar-refractivity contribution is -0.122. The first-order valence-corrected chi connectivity index (χ1v) is 10.8. The molecule has 6 nitrogen and oxygen atoms in total. The van der Waals surface area contributed by atoms with E-state index < -0.39 is 0 Å². The average Bonchev–Trinajstić information content (AvgIpc) is 2.75. The maximum Gasteiger partial charge on any atom is 0.234 e. The van der Waals surface area contributed by atoms with Crippen LogP contribution in [0.2, 0.25) is 10.0 Å². The number of benzene rings is 2. The van der Waals surface area contributed by atoms with E-state index in [-0.39, 0.29) is 11.8 Å². The van der Waals surface area contributed by atoms with Crippen LogP contribution in [0.3, 0.4) is 0 Å². The van der Waals surface area contributed by atoms with E-state index in [1.54, 1.807) is 18.2 Å². The zero-order valence-electron chi connectivity index (χ0n) is 16.7. The summed E-state index contributed by atoms with van der Waals surface area (Å²) in [7, 11) is 0. The van der Waals surface area contributed by atoms with Crippen molar-refractivity contribution in [3.8, 4) is 0 Å². The topological polar surface area (TPSA) is 64.7 Å². The maximum absolute atomic E-state index is 12.2. The van der Waals surface area contributed by atoms with E-state index in [4.69, 9.17) is 23.2 Å². The Morgan fingerprint density at radius 3 is 2.13 bits per heavy atom. The highest BCUT2D eigenvalue weighted by Crippen LogP contribution is 2.29. The minimum atomic E-state index is -0.118. The van der Waals surface area contributed by atoms with Crippen LogP contribution < -0.4 is 10.6 Å². The number of amides is 2. The molecule has 2 amide bonds. The summed E-state index contributed by atoms with van der Waals surface area (Å²) < 4.78 is 0. The second-order valence-corrected chi connectivity index (χ2v) is 8.09. The summed E-state index contributed by atoms with van der Waals surface area (Å²) in [6, 6.07) is 15.0. The number of nitrogens with one attached hydrogen (secondary N) is 2. The SMILES string of the molecule is O=C(CN1CCN(CCC(=O)Nc2c(Cl)cccc2Cl)CC1)NCc1ccccc1. The monoisotopic (exact) mass is 448 g/mol. The van der Waals surface area contributed by atoms with Gasteiger partial charge >= 0.3 is 0 Å². The smallest absolute Gasteiger partial charge is 0.234 e. The van der Waals surface area contributed by atoms with E-state index in [1.807, 2.05) is 30.3 Å². The van der Waals surface area contributed by atoms with Crippen LogP contribution in [0.5, 0.6) is 0 Å². The number of halogens is 2. The first kappa shape index (κ1) is 22.6. The van der Waals surface area contributed by atoms with Gasteiger partial charge in [-0.3, -0.25) is 14.5 Å². The Morgan fingerprint density at radius 1 is 0.833 bits per heavy atom. The van der Waals surface area contributed by atoms with Gasteiger partial charge < -0.3 is 15.5 Å². The predicted octanol–water partition coefficient (Wildman–Crippen LogP) is 3.26. The number of para-hydroxylation sites is 1. The largest absolute Gasteiger partial charge is 0.351 e. The first-order valence-electron chi connectivity index (χ1n) is 10.0. The molecule has 2 aromatic carbocycles. The van der Waals surface area contributed by atoms with Crippen LogP contribution in [-0.4, -0.2) is 60.9 Å². The van der Waals surface area contributed by atoms with Crippen LogP contribution in [0, 0.1) is 0 Å². The van der Waals surface area contributed by atoms with Gasteiger partial charge in [-0.15, -0.1) is 0 Å². The summed E-state index contributed by atoms with van der Waals surface area (Å²) >= 11 is 12.2. The minimum absolute atomic E-state index is 0.0308. The molecule has 1 fully saturated rings. The maximum atomic E-state index is 12.2. The summed E-state index contributed by atoms with van der Waals surface area (Å²) in [6.45, 7) is 4.85. The van der Waals surface area contributed by atoms with Gasteiger partial charge in [-0.05, 0) is 17.7 Å². The number of rotatable bonds is 8. The minimum Gasteiger partial charge on any atom is -0.351 e. The fourth-order valence-electron chi connectivity index (χ4n) is 3.31. The second-order valence-electron chi connectivity index (χ2n) is 7.27. The van der Waals surface area contributed by atoms with Gasteiger partial charge in [-0.25, -0.2) is 0 Å². The molecule has 160 valence electrons. The molecule has 1 aliphatic rings. The van der Waals surface area contributed by atoms with Gasteiger partial charge in [0.15, 0.2) is 0 Å². The standard InChI is InChI=1S/C22H26Cl2N4O2/c23-18-7-4-8-19(24)22(18)26-20(29)9-10-27-11-13-28(14-12-27)16-21(30)25-15-17-5-2-1-3-6-17/h1-8H,9-16H2,(H,25,30)(H,26,29). The van der Waals surface area contributed by atoms with Crippen molar-refractivity contribution in [2.75, 3.05) is 44.6 Å². The first-order chi connectivity index (χ1) is 14.5. The zero-order valence-corrected chi connectivity index (χ0v) is 18.3. The van der Waals surface area contributed by atoms with Crippen molar-refractivity contribution < 1.29 is 9.59 Å². The van der Waals surface area contributed by atoms with Crippen molar-refractivity contribution in [1.29, 1.82) is 0 Å². The Kier molecular flexibility index (Phi) is 8.51. The molecule has 3 rings (SSSR count). The van der Waals surface area contributed by atoms with E-state index in [1.165, 1.54) is 0 Å². The summed E-state index contributed by atoms with van der Waals surface area (Å²) in [4.78, 5) is 28.8. The van der Waals surface area contributed by atoms with Crippen molar-refractivity contribution in [1.82, 2.24) is 15.1 Å². The van der Waals surface area contributed by atoms with Crippen LogP contribution in [-0.2, 0) is 16.1 Å². The molecule has 8 heteroatoms. The van der Waals surface area contributed by atoms with Crippen LogP contribution in [0.1, 0.15) is 12.0 Å². The number of anilines is 1. The fraction of sp³-hybridized carbons (Fsp3) is 0.364. The van der Waals surface area contributed by atoms with Crippen LogP contribution in [0.25, 0.3) is 0 Å². The predicted molar refractivity (Wildman–Crippen MR) is 121 cm³/mol. The Bertz CT molecular complexity index is 835. The van der Waals surface area contributed by atoms with E-state index in [0.717, 1.165) is 31.7 Å². The molecule has 0 radical (unpaired) electrons. The van der Waals surface area contributed by atoms with E-state index in [2.05, 4.69) is 20.4 Å². The molecule has 0 bridgehead atoms. The van der Waals surface area contributed by atoms with Gasteiger partial charge in [0.05, 0.1) is 22.3 Å². The van der Waals surface area contributed by atoms with Gasteiger partial charge in [0.1, 0.15) is 0 Å². The molecule has 2 aromatic rings. The Balaban J connectivity index is 1.33. The molecule has 1 saturated heterocycles. The number of nitrogens with zero attached hydrogens (tertiary/aromatic N) is 2. The number of carbonyl (C=O) groups is 2. The van der Waals surface area contributed by atoms with Crippen molar-refractivity contribution in [3.63, 3.8) is 0 Å². The molecular formula is C22H26Cl2N4O2. The highest BCUT2D eigenvalue weighted by Gasteiger charge is 2.19. The molecule has 2 N–H and O–H groups in total. The van der Waals surface area contributed by atoms with Gasteiger partial charge in [-0.2, -0.15) is 0 Å². The van der Waals surface area contributed by atoms with E-state index >= 15 is 0 Å². The molecule has 0 spiro atoms. The van der Waals surface area contributed by atoms with Crippen molar-refractivity contribution in [2.45, 2.75) is 13.0 Å². The normalized spacial score (nSPS) is 15.0. The highest BCUT2D eigenvalue weighted by molar-refractivity contribution is 6.39. The van der Waals surface area contributed by atoms with Crippen LogP contribution in [0.15, 0.2) is 48.5 Å². The number of hydrogen-bond acceptors (Lipinski definition) is 4. The molecule has 0 atom stereocenters. The van der Waals surface area contributed by atoms with E-state index in [9.17, 15) is 9.59 Å². The third-order valence-corrected chi connectivity index (χ3v) is 5.68. The van der Waals surface area contributed by atoms with Crippen molar-refractivity contribution in [3.05, 3.63) is 64.1 Å². The molecule has 1 heterocycles. The number of piperazine rings is 1. The van der Waals surface area contributed by atoms with E-state index in [0.29, 0.717) is 41.8 Å². The van der Waals surface area contributed by atoms with Gasteiger partial charge in [0.25, 0.3) is 0 Å². The summed E-state index contributed by atoms with van der Waals surface area (Å²) in [6.07, 6.45) is 0.360. The van der Waals surface area contributed by atoms with Crippen molar-refractivity contribution >= 4 is 40.7 Å². The van der Waals surface area contributed by atoms with Crippen molar-refractivity contribution in [2.24, 2.45) is 0 Å². The molecule has 30 heavy (non-hydrogen) atoms. The van der Waals surface area contributed by atoms with Crippen LogP contribution in [0.4, 0.5) is 5.69 Å². The molecular weight excluding hydrogens is 423 g/mol. The van der Waals surface area contributed by atoms with Gasteiger partial charge in [0, 0.05) is 45.7 Å². The molecule has 0 aromatic heterocycles. The Hall–Kier alpha value is -2.12. The summed E-state index contributed by atoms with van der Waals surface area (Å²) in [5.74, 6) is -0.0870. The molecule has 0 unspecified atom stereocenters. The molecule has 0 aliphatic carbocycles. The lowest BCUT2D eigenvalue weighted by Crippen LogP contribution is -2.49. The molecule has 0 saturated carbocycles.